The minimum absolute atomic E-state index is 0.0889. The van der Waals surface area contributed by atoms with E-state index in [1.807, 2.05) is 5.32 Å². The first-order chi connectivity index (χ1) is 9.91. The first kappa shape index (κ1) is 17.3. The lowest BCUT2D eigenvalue weighted by molar-refractivity contribution is 0.0863. The van der Waals surface area contributed by atoms with Gasteiger partial charge in [0.25, 0.3) is 5.91 Å². The first-order valence-electron chi connectivity index (χ1n) is 5.90. The number of nitrogens with one attached hydrogen (secondary N) is 1. The van der Waals surface area contributed by atoms with Gasteiger partial charge in [0.15, 0.2) is 23.3 Å². The molecule has 4 nitrogen and oxygen atoms in total. The molecule has 21 heavy (non-hydrogen) atoms. The predicted octanol–water partition coefficient (Wildman–Crippen LogP) is 1.51. The molecule has 0 spiro atoms. The topological polar surface area (TPSA) is 58.6 Å². The number of halogens is 5. The number of amides is 1. The molecule has 0 heterocycles. The SMILES string of the molecule is O=C(NCCCOCCO)c1c(F)c(F)c(F)c(F)c1F. The quantitative estimate of drug-likeness (QED) is 0.347. The van der Waals surface area contributed by atoms with Gasteiger partial charge in [-0.2, -0.15) is 0 Å². The Morgan fingerprint density at radius 2 is 1.48 bits per heavy atom. The van der Waals surface area contributed by atoms with Gasteiger partial charge in [-0.3, -0.25) is 4.79 Å². The highest BCUT2D eigenvalue weighted by atomic mass is 19.2. The number of ether oxygens (including phenoxy) is 1. The summed E-state index contributed by atoms with van der Waals surface area (Å²) in [4.78, 5) is 11.5. The van der Waals surface area contributed by atoms with E-state index in [9.17, 15) is 26.7 Å². The van der Waals surface area contributed by atoms with E-state index in [1.165, 1.54) is 0 Å². The summed E-state index contributed by atoms with van der Waals surface area (Å²) in [5.74, 6) is -12.4. The van der Waals surface area contributed by atoms with Gasteiger partial charge in [-0.05, 0) is 6.42 Å². The van der Waals surface area contributed by atoms with Crippen molar-refractivity contribution in [1.29, 1.82) is 0 Å². The fourth-order valence-corrected chi connectivity index (χ4v) is 1.44. The first-order valence-corrected chi connectivity index (χ1v) is 5.90. The van der Waals surface area contributed by atoms with Crippen LogP contribution >= 0.6 is 0 Å². The maximum absolute atomic E-state index is 13.3. The Hall–Kier alpha value is -1.74. The third-order valence-corrected chi connectivity index (χ3v) is 2.42. The van der Waals surface area contributed by atoms with Gasteiger partial charge in [0, 0.05) is 13.2 Å². The number of rotatable bonds is 7. The van der Waals surface area contributed by atoms with Crippen LogP contribution in [-0.4, -0.2) is 37.4 Å². The van der Waals surface area contributed by atoms with Crippen LogP contribution in [0.1, 0.15) is 16.8 Å². The fourth-order valence-electron chi connectivity index (χ4n) is 1.44. The highest BCUT2D eigenvalue weighted by Gasteiger charge is 2.29. The van der Waals surface area contributed by atoms with Crippen LogP contribution in [0.15, 0.2) is 0 Å². The van der Waals surface area contributed by atoms with Gasteiger partial charge >= 0.3 is 0 Å². The second-order valence-corrected chi connectivity index (χ2v) is 3.89. The van der Waals surface area contributed by atoms with Crippen LogP contribution in [0.3, 0.4) is 0 Å². The van der Waals surface area contributed by atoms with Crippen LogP contribution in [-0.2, 0) is 4.74 Å². The van der Waals surface area contributed by atoms with Gasteiger partial charge in [0.2, 0.25) is 5.82 Å². The zero-order chi connectivity index (χ0) is 16.0. The Morgan fingerprint density at radius 1 is 0.952 bits per heavy atom. The molecule has 0 bridgehead atoms. The Kier molecular flexibility index (Phi) is 6.50. The van der Waals surface area contributed by atoms with Crippen molar-refractivity contribution in [2.45, 2.75) is 6.42 Å². The zero-order valence-corrected chi connectivity index (χ0v) is 10.7. The number of carbonyl (C=O) groups is 1. The number of carbonyl (C=O) groups excluding carboxylic acids is 1. The second kappa shape index (κ2) is 7.89. The van der Waals surface area contributed by atoms with Crippen molar-refractivity contribution in [2.75, 3.05) is 26.4 Å². The minimum atomic E-state index is -2.32. The van der Waals surface area contributed by atoms with Crippen molar-refractivity contribution < 1.29 is 36.6 Å². The lowest BCUT2D eigenvalue weighted by Crippen LogP contribution is -2.28. The molecule has 1 aromatic rings. The van der Waals surface area contributed by atoms with Gasteiger partial charge in [-0.15, -0.1) is 0 Å². The molecule has 9 heteroatoms. The average Bonchev–Trinajstić information content (AvgIpc) is 2.47. The van der Waals surface area contributed by atoms with Crippen LogP contribution < -0.4 is 5.32 Å². The van der Waals surface area contributed by atoms with E-state index in [0.29, 0.717) is 0 Å². The van der Waals surface area contributed by atoms with Crippen LogP contribution in [0.5, 0.6) is 0 Å². The van der Waals surface area contributed by atoms with Crippen LogP contribution in [0.25, 0.3) is 0 Å². The molecular weight excluding hydrogens is 301 g/mol. The molecule has 0 atom stereocenters. The summed E-state index contributed by atoms with van der Waals surface area (Å²) in [5, 5.41) is 10.4. The fraction of sp³-hybridized carbons (Fsp3) is 0.417. The Labute approximate surface area is 116 Å². The predicted molar refractivity (Wildman–Crippen MR) is 61.1 cm³/mol. The lowest BCUT2D eigenvalue weighted by atomic mass is 10.1. The minimum Gasteiger partial charge on any atom is -0.394 e. The Bertz CT molecular complexity index is 495. The van der Waals surface area contributed by atoms with E-state index in [4.69, 9.17) is 9.84 Å². The van der Waals surface area contributed by atoms with Gasteiger partial charge in [0.1, 0.15) is 5.56 Å². The van der Waals surface area contributed by atoms with Crippen molar-refractivity contribution >= 4 is 5.91 Å². The molecule has 2 N–H and O–H groups in total. The zero-order valence-electron chi connectivity index (χ0n) is 10.7. The van der Waals surface area contributed by atoms with Crippen molar-refractivity contribution in [3.8, 4) is 0 Å². The smallest absolute Gasteiger partial charge is 0.257 e. The molecule has 1 rings (SSSR count). The molecule has 0 radical (unpaired) electrons. The van der Waals surface area contributed by atoms with Crippen LogP contribution in [0.4, 0.5) is 22.0 Å². The molecule has 0 saturated carbocycles. The number of hydrogen-bond acceptors (Lipinski definition) is 3. The van der Waals surface area contributed by atoms with Gasteiger partial charge in [-0.25, -0.2) is 22.0 Å². The molecule has 0 fully saturated rings. The van der Waals surface area contributed by atoms with E-state index in [1.54, 1.807) is 0 Å². The van der Waals surface area contributed by atoms with Crippen molar-refractivity contribution in [3.05, 3.63) is 34.6 Å². The van der Waals surface area contributed by atoms with Crippen LogP contribution in [0.2, 0.25) is 0 Å². The Morgan fingerprint density at radius 3 is 2.00 bits per heavy atom. The van der Waals surface area contributed by atoms with Crippen LogP contribution in [0, 0.1) is 29.1 Å². The summed E-state index contributed by atoms with van der Waals surface area (Å²) >= 11 is 0. The van der Waals surface area contributed by atoms with Crippen molar-refractivity contribution in [1.82, 2.24) is 5.32 Å². The maximum atomic E-state index is 13.3. The molecule has 0 saturated heterocycles. The second-order valence-electron chi connectivity index (χ2n) is 3.89. The summed E-state index contributed by atoms with van der Waals surface area (Å²) in [6, 6.07) is 0. The number of aliphatic hydroxyl groups excluding tert-OH is 1. The summed E-state index contributed by atoms with van der Waals surface area (Å²) in [6.45, 7) is -0.0375. The summed E-state index contributed by atoms with van der Waals surface area (Å²) in [6.07, 6.45) is 0.237. The van der Waals surface area contributed by atoms with Gasteiger partial charge in [0.05, 0.1) is 13.2 Å². The van der Waals surface area contributed by atoms with E-state index in [-0.39, 0.29) is 32.8 Å². The molecule has 1 aromatic carbocycles. The highest BCUT2D eigenvalue weighted by Crippen LogP contribution is 2.22. The number of benzene rings is 1. The van der Waals surface area contributed by atoms with E-state index in [0.717, 1.165) is 0 Å². The molecule has 0 aliphatic rings. The van der Waals surface area contributed by atoms with Crippen molar-refractivity contribution in [2.24, 2.45) is 0 Å². The van der Waals surface area contributed by atoms with E-state index < -0.39 is 40.6 Å². The maximum Gasteiger partial charge on any atom is 0.257 e. The molecule has 1 amide bonds. The third-order valence-electron chi connectivity index (χ3n) is 2.42. The lowest BCUT2D eigenvalue weighted by Gasteiger charge is -2.09. The summed E-state index contributed by atoms with van der Waals surface area (Å²) in [7, 11) is 0. The van der Waals surface area contributed by atoms with E-state index >= 15 is 0 Å². The molecule has 118 valence electrons. The standard InChI is InChI=1S/C12H12F5NO3/c13-7-6(8(14)10(16)11(17)9(7)15)12(20)18-2-1-4-21-5-3-19/h19H,1-5H2,(H,18,20). The third kappa shape index (κ3) is 4.11. The summed E-state index contributed by atoms with van der Waals surface area (Å²) in [5.41, 5.74) is -1.53. The molecule has 0 aliphatic heterocycles. The monoisotopic (exact) mass is 313 g/mol. The molecule has 0 aromatic heterocycles. The van der Waals surface area contributed by atoms with Gasteiger partial charge in [-0.1, -0.05) is 0 Å². The summed E-state index contributed by atoms with van der Waals surface area (Å²) < 4.78 is 70.0. The average molecular weight is 313 g/mol. The molecule has 0 unspecified atom stereocenters. The Balaban J connectivity index is 2.71. The van der Waals surface area contributed by atoms with Gasteiger partial charge < -0.3 is 15.2 Å². The number of hydrogen-bond donors (Lipinski definition) is 2. The molecule has 0 aliphatic carbocycles. The van der Waals surface area contributed by atoms with E-state index in [2.05, 4.69) is 0 Å². The number of aliphatic hydroxyl groups is 1. The normalized spacial score (nSPS) is 10.8. The molecular formula is C12H12F5NO3. The highest BCUT2D eigenvalue weighted by molar-refractivity contribution is 5.94. The largest absolute Gasteiger partial charge is 0.394 e. The van der Waals surface area contributed by atoms with Crippen molar-refractivity contribution in [3.63, 3.8) is 0 Å².